The molecule has 126 valence electrons. The molecule has 2 aromatic carbocycles. The fourth-order valence-corrected chi connectivity index (χ4v) is 3.51. The number of primary amides is 1. The van der Waals surface area contributed by atoms with Crippen LogP contribution in [0.15, 0.2) is 34.8 Å². The second-order valence-electron chi connectivity index (χ2n) is 5.91. The van der Waals surface area contributed by atoms with Crippen molar-refractivity contribution in [1.82, 2.24) is 0 Å². The lowest BCUT2D eigenvalue weighted by atomic mass is 9.95. The Bertz CT molecular complexity index is 798. The van der Waals surface area contributed by atoms with Gasteiger partial charge in [-0.3, -0.25) is 4.79 Å². The number of carbonyl (C=O) groups is 1. The molecule has 6 heteroatoms. The summed E-state index contributed by atoms with van der Waals surface area (Å²) in [6.45, 7) is 1.42. The second-order valence-corrected chi connectivity index (χ2v) is 6.71. The Morgan fingerprint density at radius 3 is 2.58 bits per heavy atom. The average molecular weight is 396 g/mol. The highest BCUT2D eigenvalue weighted by molar-refractivity contribution is 9.10. The summed E-state index contributed by atoms with van der Waals surface area (Å²) in [5.41, 5.74) is 8.58. The van der Waals surface area contributed by atoms with Gasteiger partial charge in [0.15, 0.2) is 0 Å². The zero-order valence-corrected chi connectivity index (χ0v) is 14.6. The van der Waals surface area contributed by atoms with Gasteiger partial charge in [0.05, 0.1) is 13.0 Å². The Balaban J connectivity index is 2.10. The summed E-state index contributed by atoms with van der Waals surface area (Å²) in [6, 6.07) is 7.94. The van der Waals surface area contributed by atoms with Gasteiger partial charge in [0.1, 0.15) is 5.75 Å². The van der Waals surface area contributed by atoms with E-state index in [1.165, 1.54) is 12.1 Å². The van der Waals surface area contributed by atoms with Gasteiger partial charge in [-0.1, -0.05) is 40.2 Å². The van der Waals surface area contributed by atoms with Gasteiger partial charge in [0, 0.05) is 34.5 Å². The minimum absolute atomic E-state index is 0.0433. The summed E-state index contributed by atoms with van der Waals surface area (Å²) in [7, 11) is 0. The molecule has 0 spiro atoms. The van der Waals surface area contributed by atoms with E-state index in [2.05, 4.69) is 15.9 Å². The maximum Gasteiger partial charge on any atom is 0.270 e. The topological polar surface area (TPSA) is 52.3 Å². The first-order valence-corrected chi connectivity index (χ1v) is 8.30. The van der Waals surface area contributed by atoms with E-state index in [4.69, 9.17) is 10.5 Å². The molecule has 0 bridgehead atoms. The zero-order valence-electron chi connectivity index (χ0n) is 13.0. The average Bonchev–Trinajstić information content (AvgIpc) is 2.99. The van der Waals surface area contributed by atoms with Crippen molar-refractivity contribution in [2.75, 3.05) is 6.61 Å². The summed E-state index contributed by atoms with van der Waals surface area (Å²) in [5.74, 6) is -2.58. The number of ether oxygens (including phenoxy) is 1. The molecule has 1 heterocycles. The molecular weight excluding hydrogens is 380 g/mol. The summed E-state index contributed by atoms with van der Waals surface area (Å²) in [5, 5.41) is 0. The Morgan fingerprint density at radius 2 is 2.00 bits per heavy atom. The van der Waals surface area contributed by atoms with Crippen molar-refractivity contribution in [2.45, 2.75) is 25.7 Å². The third kappa shape index (κ3) is 3.15. The van der Waals surface area contributed by atoms with Crippen molar-refractivity contribution >= 4 is 21.8 Å². The number of rotatable bonds is 4. The van der Waals surface area contributed by atoms with Crippen LogP contribution >= 0.6 is 15.9 Å². The minimum Gasteiger partial charge on any atom is -0.492 e. The molecule has 3 rings (SSSR count). The van der Waals surface area contributed by atoms with Gasteiger partial charge in [-0.15, -0.1) is 0 Å². The van der Waals surface area contributed by atoms with Crippen LogP contribution in [0, 0.1) is 0 Å². The molecule has 2 aromatic rings. The van der Waals surface area contributed by atoms with Crippen LogP contribution in [0.2, 0.25) is 0 Å². The van der Waals surface area contributed by atoms with E-state index >= 15 is 0 Å². The van der Waals surface area contributed by atoms with E-state index < -0.39 is 11.8 Å². The number of nitrogens with two attached hydrogens (primary N) is 1. The van der Waals surface area contributed by atoms with Crippen LogP contribution in [0.25, 0.3) is 11.1 Å². The first kappa shape index (κ1) is 16.9. The first-order valence-electron chi connectivity index (χ1n) is 7.51. The Hall–Kier alpha value is -1.95. The first-order chi connectivity index (χ1) is 11.3. The van der Waals surface area contributed by atoms with Crippen molar-refractivity contribution in [3.05, 3.63) is 51.5 Å². The van der Waals surface area contributed by atoms with Gasteiger partial charge in [-0.25, -0.2) is 8.78 Å². The number of benzene rings is 2. The van der Waals surface area contributed by atoms with Crippen molar-refractivity contribution in [1.29, 1.82) is 0 Å². The number of hydrogen-bond donors (Lipinski definition) is 1. The van der Waals surface area contributed by atoms with Crippen LogP contribution in [0.4, 0.5) is 8.78 Å². The smallest absolute Gasteiger partial charge is 0.270 e. The van der Waals surface area contributed by atoms with Crippen LogP contribution in [0.5, 0.6) is 5.75 Å². The summed E-state index contributed by atoms with van der Waals surface area (Å²) >= 11 is 3.52. The van der Waals surface area contributed by atoms with Crippen LogP contribution < -0.4 is 10.5 Å². The van der Waals surface area contributed by atoms with Crippen molar-refractivity contribution < 1.29 is 18.3 Å². The van der Waals surface area contributed by atoms with Crippen LogP contribution in [0.1, 0.15) is 23.6 Å². The molecular formula is C18H16BrF2NO2. The Morgan fingerprint density at radius 1 is 1.33 bits per heavy atom. The fraction of sp³-hybridized carbons (Fsp3) is 0.278. The normalized spacial score (nSPS) is 13.5. The van der Waals surface area contributed by atoms with Crippen LogP contribution in [-0.4, -0.2) is 12.5 Å². The number of amides is 1. The SMILES string of the molecule is CC(F)(F)c1ccc(-c2cc(CC(N)=O)c(Br)c3c2OCC3)cc1. The summed E-state index contributed by atoms with van der Waals surface area (Å²) < 4.78 is 33.3. The fourth-order valence-electron chi connectivity index (χ4n) is 2.88. The van der Waals surface area contributed by atoms with Gasteiger partial charge in [-0.05, 0) is 17.2 Å². The number of fused-ring (bicyclic) bond motifs is 1. The Labute approximate surface area is 146 Å². The maximum absolute atomic E-state index is 13.4. The molecule has 0 saturated carbocycles. The van der Waals surface area contributed by atoms with Gasteiger partial charge >= 0.3 is 0 Å². The molecule has 3 nitrogen and oxygen atoms in total. The molecule has 0 aromatic heterocycles. The molecule has 0 atom stereocenters. The third-order valence-corrected chi connectivity index (χ3v) is 5.04. The van der Waals surface area contributed by atoms with Crippen molar-refractivity contribution in [2.24, 2.45) is 5.73 Å². The van der Waals surface area contributed by atoms with Gasteiger partial charge in [0.25, 0.3) is 5.92 Å². The molecule has 0 saturated heterocycles. The lowest BCUT2D eigenvalue weighted by Crippen LogP contribution is -2.14. The van der Waals surface area contributed by atoms with Crippen LogP contribution in [0.3, 0.4) is 0 Å². The lowest BCUT2D eigenvalue weighted by Gasteiger charge is -2.15. The quantitative estimate of drug-likeness (QED) is 0.843. The predicted molar refractivity (Wildman–Crippen MR) is 91.2 cm³/mol. The molecule has 24 heavy (non-hydrogen) atoms. The maximum atomic E-state index is 13.4. The lowest BCUT2D eigenvalue weighted by molar-refractivity contribution is -0.117. The van der Waals surface area contributed by atoms with Crippen molar-refractivity contribution in [3.63, 3.8) is 0 Å². The second kappa shape index (κ2) is 6.16. The highest BCUT2D eigenvalue weighted by Crippen LogP contribution is 2.43. The molecule has 0 unspecified atom stereocenters. The zero-order chi connectivity index (χ0) is 17.5. The van der Waals surface area contributed by atoms with E-state index in [-0.39, 0.29) is 12.0 Å². The molecule has 1 aliphatic heterocycles. The standard InChI is InChI=1S/C18H16BrF2NO2/c1-18(20,21)12-4-2-10(3-5-12)14-8-11(9-15(22)23)16(19)13-6-7-24-17(13)14/h2-5,8H,6-7,9H2,1H3,(H2,22,23). The number of halogens is 3. The largest absolute Gasteiger partial charge is 0.492 e. The van der Waals surface area contributed by atoms with E-state index in [0.29, 0.717) is 6.61 Å². The summed E-state index contributed by atoms with van der Waals surface area (Å²) in [4.78, 5) is 11.3. The molecule has 0 radical (unpaired) electrons. The number of carbonyl (C=O) groups excluding carboxylic acids is 1. The number of alkyl halides is 2. The highest BCUT2D eigenvalue weighted by Gasteiger charge is 2.26. The van der Waals surface area contributed by atoms with Gasteiger partial charge in [0.2, 0.25) is 5.91 Å². The molecule has 0 aliphatic carbocycles. The van der Waals surface area contributed by atoms with E-state index in [0.717, 1.165) is 45.8 Å². The van der Waals surface area contributed by atoms with Gasteiger partial charge in [-0.2, -0.15) is 0 Å². The molecule has 0 fully saturated rings. The predicted octanol–water partition coefficient (Wildman–Crippen LogP) is 4.19. The molecule has 1 amide bonds. The minimum atomic E-state index is -2.88. The Kier molecular flexibility index (Phi) is 4.34. The monoisotopic (exact) mass is 395 g/mol. The van der Waals surface area contributed by atoms with E-state index in [1.54, 1.807) is 12.1 Å². The number of hydrogen-bond acceptors (Lipinski definition) is 2. The van der Waals surface area contributed by atoms with E-state index in [1.807, 2.05) is 6.07 Å². The van der Waals surface area contributed by atoms with Gasteiger partial charge < -0.3 is 10.5 Å². The third-order valence-electron chi connectivity index (χ3n) is 4.05. The van der Waals surface area contributed by atoms with E-state index in [9.17, 15) is 13.6 Å². The van der Waals surface area contributed by atoms with Crippen LogP contribution in [-0.2, 0) is 23.6 Å². The summed E-state index contributed by atoms with van der Waals surface area (Å²) in [6.07, 6.45) is 0.826. The highest BCUT2D eigenvalue weighted by atomic mass is 79.9. The van der Waals surface area contributed by atoms with Crippen molar-refractivity contribution in [3.8, 4) is 16.9 Å². The molecule has 2 N–H and O–H groups in total. The molecule has 1 aliphatic rings.